The SMILES string of the molecule is Nc1cccc(S(F)(F)(F)(F)F)c1Cl. The molecule has 0 radical (unpaired) electrons. The number of hydrogen-bond donors (Lipinski definition) is 1. The molecule has 0 saturated heterocycles. The average molecular weight is 254 g/mol. The maximum atomic E-state index is 12.2. The van der Waals surface area contributed by atoms with E-state index in [-0.39, 0.29) is 6.07 Å². The van der Waals surface area contributed by atoms with E-state index < -0.39 is 25.8 Å². The first-order valence-electron chi connectivity index (χ1n) is 3.20. The van der Waals surface area contributed by atoms with Crippen molar-refractivity contribution < 1.29 is 19.4 Å². The zero-order chi connectivity index (χ0) is 11.3. The van der Waals surface area contributed by atoms with Gasteiger partial charge >= 0.3 is 10.2 Å². The van der Waals surface area contributed by atoms with E-state index in [2.05, 4.69) is 0 Å². The van der Waals surface area contributed by atoms with Crippen LogP contribution in [-0.4, -0.2) is 0 Å². The minimum Gasteiger partial charge on any atom is -0.397 e. The van der Waals surface area contributed by atoms with Crippen molar-refractivity contribution in [1.82, 2.24) is 0 Å². The molecule has 0 unspecified atom stereocenters. The molecule has 0 fully saturated rings. The van der Waals surface area contributed by atoms with Gasteiger partial charge in [-0.2, -0.15) is 0 Å². The summed E-state index contributed by atoms with van der Waals surface area (Å²) in [6, 6.07) is 1.99. The molecule has 8 heteroatoms. The highest BCUT2D eigenvalue weighted by Gasteiger charge is 2.66. The fraction of sp³-hybridized carbons (Fsp3) is 0. The zero-order valence-corrected chi connectivity index (χ0v) is 8.06. The zero-order valence-electron chi connectivity index (χ0n) is 6.49. The summed E-state index contributed by atoms with van der Waals surface area (Å²) in [5.74, 6) is 0. The number of anilines is 1. The molecule has 0 atom stereocenters. The van der Waals surface area contributed by atoms with E-state index >= 15 is 0 Å². The van der Waals surface area contributed by atoms with Gasteiger partial charge in [-0.25, -0.2) is 0 Å². The van der Waals surface area contributed by atoms with Crippen LogP contribution >= 0.6 is 21.8 Å². The van der Waals surface area contributed by atoms with Crippen LogP contribution in [0.4, 0.5) is 25.1 Å². The molecule has 2 N–H and O–H groups in total. The Morgan fingerprint density at radius 3 is 1.93 bits per heavy atom. The van der Waals surface area contributed by atoms with Gasteiger partial charge in [0.05, 0.1) is 10.7 Å². The fourth-order valence-electron chi connectivity index (χ4n) is 0.826. The van der Waals surface area contributed by atoms with Crippen molar-refractivity contribution in [3.8, 4) is 0 Å². The highest BCUT2D eigenvalue weighted by molar-refractivity contribution is 8.45. The molecule has 14 heavy (non-hydrogen) atoms. The third kappa shape index (κ3) is 2.21. The van der Waals surface area contributed by atoms with Crippen LogP contribution in [0.2, 0.25) is 5.02 Å². The lowest BCUT2D eigenvalue weighted by Gasteiger charge is -2.41. The fourth-order valence-corrected chi connectivity index (χ4v) is 2.18. The smallest absolute Gasteiger partial charge is 0.311 e. The number of halogens is 6. The summed E-state index contributed by atoms with van der Waals surface area (Å²) in [4.78, 5) is -2.15. The van der Waals surface area contributed by atoms with Crippen molar-refractivity contribution in [2.45, 2.75) is 4.90 Å². The van der Waals surface area contributed by atoms with E-state index in [4.69, 9.17) is 17.3 Å². The third-order valence-corrected chi connectivity index (χ3v) is 3.11. The Balaban J connectivity index is 3.59. The van der Waals surface area contributed by atoms with Crippen molar-refractivity contribution in [1.29, 1.82) is 0 Å². The lowest BCUT2D eigenvalue weighted by atomic mass is 10.3. The summed E-state index contributed by atoms with van der Waals surface area (Å²) in [5.41, 5.74) is 4.46. The summed E-state index contributed by atoms with van der Waals surface area (Å²) in [6.45, 7) is 0. The number of benzene rings is 1. The maximum absolute atomic E-state index is 12.2. The molecule has 1 aromatic rings. The van der Waals surface area contributed by atoms with Gasteiger partial charge < -0.3 is 5.73 Å². The van der Waals surface area contributed by atoms with E-state index in [1.807, 2.05) is 0 Å². The molecule has 0 heterocycles. The van der Waals surface area contributed by atoms with E-state index in [9.17, 15) is 19.4 Å². The van der Waals surface area contributed by atoms with Gasteiger partial charge in [0, 0.05) is 0 Å². The summed E-state index contributed by atoms with van der Waals surface area (Å²) >= 11 is 5.06. The lowest BCUT2D eigenvalue weighted by Crippen LogP contribution is -2.07. The molecule has 0 spiro atoms. The third-order valence-electron chi connectivity index (χ3n) is 1.41. The van der Waals surface area contributed by atoms with Crippen LogP contribution in [0.1, 0.15) is 0 Å². The number of nitrogens with two attached hydrogens (primary N) is 1. The predicted molar refractivity (Wildman–Crippen MR) is 47.3 cm³/mol. The Bertz CT molecular complexity index is 386. The molecule has 0 aliphatic carbocycles. The monoisotopic (exact) mass is 253 g/mol. The molecule has 0 amide bonds. The maximum Gasteiger partial charge on any atom is 0.311 e. The van der Waals surface area contributed by atoms with E-state index in [1.165, 1.54) is 0 Å². The van der Waals surface area contributed by atoms with Crippen molar-refractivity contribution in [2.24, 2.45) is 0 Å². The molecular formula is C6H5ClF5NS. The molecule has 1 nitrogen and oxygen atoms in total. The molecule has 0 saturated carbocycles. The second kappa shape index (κ2) is 2.27. The first-order valence-corrected chi connectivity index (χ1v) is 5.53. The number of hydrogen-bond acceptors (Lipinski definition) is 1. The van der Waals surface area contributed by atoms with E-state index in [1.54, 1.807) is 0 Å². The van der Waals surface area contributed by atoms with Crippen molar-refractivity contribution in [3.63, 3.8) is 0 Å². The lowest BCUT2D eigenvalue weighted by molar-refractivity contribution is 0.364. The Morgan fingerprint density at radius 1 is 1.07 bits per heavy atom. The Labute approximate surface area is 81.4 Å². The van der Waals surface area contributed by atoms with Crippen LogP contribution < -0.4 is 5.73 Å². The van der Waals surface area contributed by atoms with Gasteiger partial charge in [0.2, 0.25) is 0 Å². The van der Waals surface area contributed by atoms with Gasteiger partial charge in [0.1, 0.15) is 4.90 Å². The standard InChI is InChI=1S/C6H5ClF5NS/c7-6-4(13)2-1-3-5(6)14(8,9,10,11)12/h1-3H,13H2. The van der Waals surface area contributed by atoms with Crippen LogP contribution in [0.5, 0.6) is 0 Å². The van der Waals surface area contributed by atoms with Gasteiger partial charge in [-0.1, -0.05) is 37.1 Å². The molecule has 0 bridgehead atoms. The quantitative estimate of drug-likeness (QED) is 0.575. The molecule has 0 aliphatic heterocycles. The Morgan fingerprint density at radius 2 is 1.57 bits per heavy atom. The van der Waals surface area contributed by atoms with Gasteiger partial charge in [-0.05, 0) is 12.1 Å². The first-order chi connectivity index (χ1) is 5.91. The average Bonchev–Trinajstić information content (AvgIpc) is 1.89. The van der Waals surface area contributed by atoms with Gasteiger partial charge in [0.15, 0.2) is 0 Å². The summed E-state index contributed by atoms with van der Waals surface area (Å²) in [6.07, 6.45) is 0. The van der Waals surface area contributed by atoms with Gasteiger partial charge in [-0.3, -0.25) is 0 Å². The van der Waals surface area contributed by atoms with Gasteiger partial charge in [0.25, 0.3) is 0 Å². The normalized spacial score (nSPS) is 17.3. The minimum atomic E-state index is -9.72. The molecule has 0 aromatic heterocycles. The highest BCUT2D eigenvalue weighted by atomic mass is 35.5. The Hall–Kier alpha value is -0.690. The van der Waals surface area contributed by atoms with E-state index in [0.717, 1.165) is 12.1 Å². The molecular weight excluding hydrogens is 249 g/mol. The molecule has 0 aliphatic rings. The summed E-state index contributed by atoms with van der Waals surface area (Å²) < 4.78 is 61.2. The van der Waals surface area contributed by atoms with Crippen molar-refractivity contribution in [3.05, 3.63) is 23.2 Å². The van der Waals surface area contributed by atoms with Crippen LogP contribution in [0.25, 0.3) is 0 Å². The largest absolute Gasteiger partial charge is 0.397 e. The minimum absolute atomic E-state index is 0.209. The van der Waals surface area contributed by atoms with Crippen molar-refractivity contribution in [2.75, 3.05) is 5.73 Å². The van der Waals surface area contributed by atoms with Crippen LogP contribution in [0, 0.1) is 0 Å². The van der Waals surface area contributed by atoms with Crippen LogP contribution in [-0.2, 0) is 0 Å². The van der Waals surface area contributed by atoms with Crippen molar-refractivity contribution >= 4 is 27.5 Å². The first kappa shape index (κ1) is 11.4. The van der Waals surface area contributed by atoms with Crippen LogP contribution in [0.15, 0.2) is 23.1 Å². The molecule has 1 aromatic carbocycles. The van der Waals surface area contributed by atoms with Crippen LogP contribution in [0.3, 0.4) is 0 Å². The topological polar surface area (TPSA) is 26.0 Å². The number of rotatable bonds is 1. The second-order valence-electron chi connectivity index (χ2n) is 2.63. The highest BCUT2D eigenvalue weighted by Crippen LogP contribution is 3.02. The molecule has 1 rings (SSSR count). The van der Waals surface area contributed by atoms with E-state index in [0.29, 0.717) is 0 Å². The molecule has 82 valence electrons. The Kier molecular flexibility index (Phi) is 1.85. The predicted octanol–water partition coefficient (Wildman–Crippen LogP) is 4.58. The summed E-state index contributed by atoms with van der Waals surface area (Å²) in [7, 11) is -9.72. The summed E-state index contributed by atoms with van der Waals surface area (Å²) in [5, 5.41) is -1.16. The number of nitrogen functional groups attached to an aromatic ring is 1. The van der Waals surface area contributed by atoms with Gasteiger partial charge in [-0.15, -0.1) is 0 Å². The second-order valence-corrected chi connectivity index (χ2v) is 5.38.